The van der Waals surface area contributed by atoms with Gasteiger partial charge in [-0.05, 0) is 12.0 Å². The smallest absolute Gasteiger partial charge is 0.305 e. The highest BCUT2D eigenvalue weighted by Gasteiger charge is 2.52. The van der Waals surface area contributed by atoms with Crippen LogP contribution < -0.4 is 5.73 Å². The molecular weight excluding hydrogens is 290 g/mol. The molecule has 132 valence electrons. The highest BCUT2D eigenvalue weighted by atomic mass is 16.9. The molecule has 1 aromatic rings. The third-order valence-electron chi connectivity index (χ3n) is 4.57. The molecule has 1 unspecified atom stereocenters. The molecule has 4 heteroatoms. The van der Waals surface area contributed by atoms with Gasteiger partial charge in [-0.3, -0.25) is 0 Å². The molecule has 0 saturated carbocycles. The number of nitrogens with two attached hydrogens (primary N) is 1. The van der Waals surface area contributed by atoms with Crippen molar-refractivity contribution in [2.75, 3.05) is 21.3 Å². The molecule has 0 bridgehead atoms. The predicted molar refractivity (Wildman–Crippen MR) is 94.1 cm³/mol. The predicted octanol–water partition coefficient (Wildman–Crippen LogP) is 4.18. The van der Waals surface area contributed by atoms with Crippen molar-refractivity contribution in [3.8, 4) is 0 Å². The van der Waals surface area contributed by atoms with E-state index in [1.165, 1.54) is 25.7 Å². The lowest BCUT2D eigenvalue weighted by atomic mass is 9.82. The summed E-state index contributed by atoms with van der Waals surface area (Å²) in [7, 11) is 4.70. The maximum atomic E-state index is 6.80. The van der Waals surface area contributed by atoms with Gasteiger partial charge in [0, 0.05) is 21.3 Å². The number of methoxy groups -OCH3 is 3. The van der Waals surface area contributed by atoms with E-state index in [0.29, 0.717) is 0 Å². The Hall–Kier alpha value is -0.940. The Kier molecular flexibility index (Phi) is 8.77. The lowest BCUT2D eigenvalue weighted by Gasteiger charge is -2.44. The first-order chi connectivity index (χ1) is 11.1. The van der Waals surface area contributed by atoms with E-state index in [1.54, 1.807) is 21.3 Å². The molecule has 0 heterocycles. The summed E-state index contributed by atoms with van der Waals surface area (Å²) < 4.78 is 16.7. The van der Waals surface area contributed by atoms with Crippen LogP contribution in [0.3, 0.4) is 0 Å². The summed E-state index contributed by atoms with van der Waals surface area (Å²) in [6.45, 7) is 2.23. The van der Waals surface area contributed by atoms with Gasteiger partial charge in [-0.25, -0.2) is 0 Å². The highest BCUT2D eigenvalue weighted by Crippen LogP contribution is 2.39. The second-order valence-corrected chi connectivity index (χ2v) is 6.02. The molecular formula is C19H33NO3. The number of benzene rings is 1. The molecule has 0 fully saturated rings. The fourth-order valence-corrected chi connectivity index (χ4v) is 3.19. The molecule has 4 nitrogen and oxygen atoms in total. The zero-order valence-corrected chi connectivity index (χ0v) is 15.1. The lowest BCUT2D eigenvalue weighted by Crippen LogP contribution is -2.61. The summed E-state index contributed by atoms with van der Waals surface area (Å²) in [5.74, 6) is -1.29. The van der Waals surface area contributed by atoms with Gasteiger partial charge in [0.15, 0.2) is 0 Å². The van der Waals surface area contributed by atoms with E-state index in [4.69, 9.17) is 19.9 Å². The zero-order valence-electron chi connectivity index (χ0n) is 15.1. The van der Waals surface area contributed by atoms with Crippen LogP contribution in [0.15, 0.2) is 30.3 Å². The van der Waals surface area contributed by atoms with Crippen LogP contribution in [0, 0.1) is 0 Å². The van der Waals surface area contributed by atoms with Gasteiger partial charge >= 0.3 is 5.97 Å². The van der Waals surface area contributed by atoms with Crippen LogP contribution >= 0.6 is 0 Å². The molecule has 2 N–H and O–H groups in total. The molecule has 1 rings (SSSR count). The molecule has 0 spiro atoms. The molecule has 0 radical (unpaired) electrons. The van der Waals surface area contributed by atoms with Crippen LogP contribution in [-0.2, 0) is 19.7 Å². The van der Waals surface area contributed by atoms with Gasteiger partial charge in [0.1, 0.15) is 5.54 Å². The highest BCUT2D eigenvalue weighted by molar-refractivity contribution is 5.26. The number of unbranched alkanes of at least 4 members (excludes halogenated alkanes) is 5. The first-order valence-electron chi connectivity index (χ1n) is 8.60. The SMILES string of the molecule is CCCCCCCCC(N)(c1ccccc1)C(OC)(OC)OC. The summed E-state index contributed by atoms with van der Waals surface area (Å²) in [4.78, 5) is 0. The quantitative estimate of drug-likeness (QED) is 0.463. The molecule has 1 atom stereocenters. The Bertz CT molecular complexity index is 412. The largest absolute Gasteiger partial charge is 0.329 e. The lowest BCUT2D eigenvalue weighted by molar-refractivity contribution is -0.388. The van der Waals surface area contributed by atoms with Crippen molar-refractivity contribution < 1.29 is 14.2 Å². The van der Waals surface area contributed by atoms with Crippen molar-refractivity contribution in [3.05, 3.63) is 35.9 Å². The van der Waals surface area contributed by atoms with Gasteiger partial charge in [0.2, 0.25) is 0 Å². The van der Waals surface area contributed by atoms with Gasteiger partial charge in [0.05, 0.1) is 0 Å². The van der Waals surface area contributed by atoms with E-state index >= 15 is 0 Å². The normalized spacial score (nSPS) is 14.7. The van der Waals surface area contributed by atoms with Crippen molar-refractivity contribution in [1.29, 1.82) is 0 Å². The zero-order chi connectivity index (χ0) is 17.2. The molecule has 0 saturated heterocycles. The van der Waals surface area contributed by atoms with Crippen LogP contribution in [0.2, 0.25) is 0 Å². The Morgan fingerprint density at radius 3 is 1.87 bits per heavy atom. The summed E-state index contributed by atoms with van der Waals surface area (Å²) in [5.41, 5.74) is 6.89. The Morgan fingerprint density at radius 2 is 1.35 bits per heavy atom. The Balaban J connectivity index is 2.89. The van der Waals surface area contributed by atoms with E-state index in [-0.39, 0.29) is 0 Å². The van der Waals surface area contributed by atoms with Crippen LogP contribution in [-0.4, -0.2) is 27.3 Å². The first-order valence-corrected chi connectivity index (χ1v) is 8.60. The fourth-order valence-electron chi connectivity index (χ4n) is 3.19. The minimum absolute atomic E-state index is 0.735. The monoisotopic (exact) mass is 323 g/mol. The van der Waals surface area contributed by atoms with E-state index < -0.39 is 11.5 Å². The van der Waals surface area contributed by atoms with E-state index in [1.807, 2.05) is 30.3 Å². The van der Waals surface area contributed by atoms with E-state index in [2.05, 4.69) is 6.92 Å². The first kappa shape index (κ1) is 20.1. The topological polar surface area (TPSA) is 53.7 Å². The van der Waals surface area contributed by atoms with Gasteiger partial charge in [0.25, 0.3) is 0 Å². The molecule has 0 aliphatic heterocycles. The van der Waals surface area contributed by atoms with Crippen LogP contribution in [0.4, 0.5) is 0 Å². The van der Waals surface area contributed by atoms with Crippen LogP contribution in [0.25, 0.3) is 0 Å². The van der Waals surface area contributed by atoms with E-state index in [9.17, 15) is 0 Å². The average molecular weight is 323 g/mol. The van der Waals surface area contributed by atoms with Crippen LogP contribution in [0.5, 0.6) is 0 Å². The summed E-state index contributed by atoms with van der Waals surface area (Å²) in [5, 5.41) is 0. The molecule has 0 aromatic heterocycles. The second kappa shape index (κ2) is 10.0. The standard InChI is InChI=1S/C19H33NO3/c1-5-6-7-8-9-13-16-18(20,17-14-11-10-12-15-17)19(21-2,22-3)23-4/h10-12,14-15H,5-9,13,16,20H2,1-4H3. The second-order valence-electron chi connectivity index (χ2n) is 6.02. The van der Waals surface area contributed by atoms with Gasteiger partial charge in [-0.1, -0.05) is 75.8 Å². The minimum Gasteiger partial charge on any atom is -0.329 e. The van der Waals surface area contributed by atoms with Crippen LogP contribution in [0.1, 0.15) is 57.4 Å². The maximum absolute atomic E-state index is 6.80. The van der Waals surface area contributed by atoms with Crippen molar-refractivity contribution >= 4 is 0 Å². The maximum Gasteiger partial charge on any atom is 0.305 e. The van der Waals surface area contributed by atoms with Gasteiger partial charge < -0.3 is 19.9 Å². The molecule has 23 heavy (non-hydrogen) atoms. The molecule has 1 aromatic carbocycles. The van der Waals surface area contributed by atoms with Crippen molar-refractivity contribution in [2.24, 2.45) is 5.73 Å². The molecule has 0 aliphatic rings. The Morgan fingerprint density at radius 1 is 0.826 bits per heavy atom. The Labute approximate surface area is 141 Å². The third kappa shape index (κ3) is 4.77. The summed E-state index contributed by atoms with van der Waals surface area (Å²) in [6, 6.07) is 9.93. The number of ether oxygens (including phenoxy) is 3. The van der Waals surface area contributed by atoms with Crippen molar-refractivity contribution in [3.63, 3.8) is 0 Å². The summed E-state index contributed by atoms with van der Waals surface area (Å²) in [6.07, 6.45) is 7.96. The minimum atomic E-state index is -1.29. The van der Waals surface area contributed by atoms with Crippen molar-refractivity contribution in [2.45, 2.75) is 63.4 Å². The van der Waals surface area contributed by atoms with Gasteiger partial charge in [-0.2, -0.15) is 0 Å². The van der Waals surface area contributed by atoms with Gasteiger partial charge in [-0.15, -0.1) is 0 Å². The molecule has 0 amide bonds. The number of hydrogen-bond acceptors (Lipinski definition) is 4. The fraction of sp³-hybridized carbons (Fsp3) is 0.684. The number of rotatable bonds is 12. The third-order valence-corrected chi connectivity index (χ3v) is 4.57. The summed E-state index contributed by atoms with van der Waals surface area (Å²) >= 11 is 0. The average Bonchev–Trinajstić information content (AvgIpc) is 2.60. The van der Waals surface area contributed by atoms with Crippen molar-refractivity contribution in [1.82, 2.24) is 0 Å². The molecule has 0 aliphatic carbocycles. The number of hydrogen-bond donors (Lipinski definition) is 1. The van der Waals surface area contributed by atoms with E-state index in [0.717, 1.165) is 24.8 Å².